The number of ether oxygens (including phenoxy) is 1. The first-order valence-corrected chi connectivity index (χ1v) is 6.89. The average Bonchev–Trinajstić information content (AvgIpc) is 2.49. The molecule has 0 amide bonds. The van der Waals surface area contributed by atoms with E-state index in [0.717, 1.165) is 16.9 Å². The third-order valence-corrected chi connectivity index (χ3v) is 3.88. The average molecular weight is 284 g/mol. The number of methoxy groups -OCH3 is 1. The van der Waals surface area contributed by atoms with E-state index < -0.39 is 11.4 Å². The Morgan fingerprint density at radius 2 is 1.67 bits per heavy atom. The molecule has 21 heavy (non-hydrogen) atoms. The zero-order valence-corrected chi connectivity index (χ0v) is 12.6. The van der Waals surface area contributed by atoms with Crippen LogP contribution in [-0.4, -0.2) is 18.2 Å². The van der Waals surface area contributed by atoms with Gasteiger partial charge in [-0.15, -0.1) is 0 Å². The summed E-state index contributed by atoms with van der Waals surface area (Å²) in [7, 11) is 1.59. The predicted molar refractivity (Wildman–Crippen MR) is 82.9 cm³/mol. The number of carbonyl (C=O) groups is 1. The molecule has 1 atom stereocenters. The van der Waals surface area contributed by atoms with E-state index in [4.69, 9.17) is 4.74 Å². The molecule has 0 bridgehead atoms. The maximum absolute atomic E-state index is 11.8. The molecule has 0 aliphatic rings. The highest BCUT2D eigenvalue weighted by Gasteiger charge is 2.35. The Morgan fingerprint density at radius 3 is 2.14 bits per heavy atom. The third-order valence-electron chi connectivity index (χ3n) is 3.88. The van der Waals surface area contributed by atoms with Gasteiger partial charge in [-0.2, -0.15) is 0 Å². The molecule has 0 saturated carbocycles. The lowest BCUT2D eigenvalue weighted by Gasteiger charge is -2.26. The number of aliphatic carboxylic acids is 1. The van der Waals surface area contributed by atoms with Gasteiger partial charge in [0.15, 0.2) is 0 Å². The van der Waals surface area contributed by atoms with Crippen LogP contribution in [-0.2, 0) is 16.6 Å². The molecule has 2 aromatic carbocycles. The molecule has 0 saturated heterocycles. The minimum absolute atomic E-state index is 0.453. The molecule has 1 N–H and O–H groups in total. The number of carboxylic acids is 1. The highest BCUT2D eigenvalue weighted by molar-refractivity contribution is 5.81. The van der Waals surface area contributed by atoms with E-state index >= 15 is 0 Å². The fraction of sp³-hybridized carbons (Fsp3) is 0.278. The van der Waals surface area contributed by atoms with Gasteiger partial charge in [-0.05, 0) is 43.5 Å². The van der Waals surface area contributed by atoms with Crippen LogP contribution in [0.3, 0.4) is 0 Å². The lowest BCUT2D eigenvalue weighted by Crippen LogP contribution is -2.34. The quantitative estimate of drug-likeness (QED) is 0.912. The van der Waals surface area contributed by atoms with Gasteiger partial charge in [0.25, 0.3) is 0 Å². The third kappa shape index (κ3) is 3.24. The van der Waals surface area contributed by atoms with Crippen LogP contribution >= 0.6 is 0 Å². The Kier molecular flexibility index (Phi) is 4.32. The SMILES string of the molecule is COc1ccc(C(C)(Cc2ccc(C)cc2)C(=O)O)cc1. The minimum Gasteiger partial charge on any atom is -0.497 e. The highest BCUT2D eigenvalue weighted by atomic mass is 16.5. The summed E-state index contributed by atoms with van der Waals surface area (Å²) in [5.74, 6) is -0.102. The topological polar surface area (TPSA) is 46.5 Å². The number of aryl methyl sites for hydroxylation is 1. The molecule has 2 aromatic rings. The summed E-state index contributed by atoms with van der Waals surface area (Å²) >= 11 is 0. The predicted octanol–water partition coefficient (Wildman–Crippen LogP) is 3.59. The largest absolute Gasteiger partial charge is 0.497 e. The number of hydrogen-bond donors (Lipinski definition) is 1. The van der Waals surface area contributed by atoms with Gasteiger partial charge in [-0.3, -0.25) is 4.79 Å². The molecule has 2 rings (SSSR count). The molecule has 0 fully saturated rings. The van der Waals surface area contributed by atoms with Crippen molar-refractivity contribution in [3.8, 4) is 5.75 Å². The van der Waals surface area contributed by atoms with E-state index in [2.05, 4.69) is 0 Å². The zero-order valence-electron chi connectivity index (χ0n) is 12.6. The molecule has 110 valence electrons. The van der Waals surface area contributed by atoms with Crippen LogP contribution in [0.5, 0.6) is 5.75 Å². The van der Waals surface area contributed by atoms with Gasteiger partial charge in [-0.25, -0.2) is 0 Å². The van der Waals surface area contributed by atoms with E-state index in [0.29, 0.717) is 6.42 Å². The zero-order chi connectivity index (χ0) is 15.5. The smallest absolute Gasteiger partial charge is 0.314 e. The molecular formula is C18H20O3. The Hall–Kier alpha value is -2.29. The van der Waals surface area contributed by atoms with Crippen molar-refractivity contribution in [1.82, 2.24) is 0 Å². The van der Waals surface area contributed by atoms with Gasteiger partial charge in [0.1, 0.15) is 5.75 Å². The number of benzene rings is 2. The first kappa shape index (κ1) is 15.1. The van der Waals surface area contributed by atoms with Gasteiger partial charge in [0, 0.05) is 0 Å². The van der Waals surface area contributed by atoms with Crippen molar-refractivity contribution in [2.24, 2.45) is 0 Å². The highest BCUT2D eigenvalue weighted by Crippen LogP contribution is 2.30. The summed E-state index contributed by atoms with van der Waals surface area (Å²) in [6, 6.07) is 15.2. The number of carboxylic acid groups (broad SMARTS) is 1. The van der Waals surface area contributed by atoms with Crippen molar-refractivity contribution < 1.29 is 14.6 Å². The molecular weight excluding hydrogens is 264 g/mol. The van der Waals surface area contributed by atoms with Crippen molar-refractivity contribution in [1.29, 1.82) is 0 Å². The van der Waals surface area contributed by atoms with Crippen LogP contribution in [0.25, 0.3) is 0 Å². The molecule has 0 aliphatic carbocycles. The molecule has 1 unspecified atom stereocenters. The summed E-state index contributed by atoms with van der Waals surface area (Å²) in [4.78, 5) is 11.8. The standard InChI is InChI=1S/C18H20O3/c1-13-4-6-14(7-5-13)12-18(2,17(19)20)15-8-10-16(21-3)11-9-15/h4-11H,12H2,1-3H3,(H,19,20). The first-order chi connectivity index (χ1) is 9.95. The number of hydrogen-bond acceptors (Lipinski definition) is 2. The minimum atomic E-state index is -0.957. The van der Waals surface area contributed by atoms with Crippen molar-refractivity contribution in [3.05, 3.63) is 65.2 Å². The van der Waals surface area contributed by atoms with Crippen molar-refractivity contribution in [2.75, 3.05) is 7.11 Å². The van der Waals surface area contributed by atoms with E-state index in [-0.39, 0.29) is 0 Å². The Morgan fingerprint density at radius 1 is 1.10 bits per heavy atom. The monoisotopic (exact) mass is 284 g/mol. The van der Waals surface area contributed by atoms with Crippen LogP contribution in [0.1, 0.15) is 23.6 Å². The van der Waals surface area contributed by atoms with E-state index in [1.54, 1.807) is 26.2 Å². The van der Waals surface area contributed by atoms with Crippen LogP contribution in [0, 0.1) is 6.92 Å². The fourth-order valence-electron chi connectivity index (χ4n) is 2.37. The van der Waals surface area contributed by atoms with Crippen molar-refractivity contribution in [3.63, 3.8) is 0 Å². The molecule has 3 heteroatoms. The molecule has 0 radical (unpaired) electrons. The summed E-state index contributed by atoms with van der Waals surface area (Å²) in [6.07, 6.45) is 0.453. The van der Waals surface area contributed by atoms with Crippen molar-refractivity contribution >= 4 is 5.97 Å². The Labute approximate surface area is 125 Å². The molecule has 0 spiro atoms. The summed E-state index contributed by atoms with van der Waals surface area (Å²) in [6.45, 7) is 3.78. The van der Waals surface area contributed by atoms with Crippen LogP contribution in [0.15, 0.2) is 48.5 Å². The molecule has 0 aromatic heterocycles. The first-order valence-electron chi connectivity index (χ1n) is 6.89. The second-order valence-corrected chi connectivity index (χ2v) is 5.53. The summed E-state index contributed by atoms with van der Waals surface area (Å²) < 4.78 is 5.13. The maximum Gasteiger partial charge on any atom is 0.314 e. The van der Waals surface area contributed by atoms with Crippen LogP contribution < -0.4 is 4.74 Å². The molecule has 3 nitrogen and oxygen atoms in total. The lowest BCUT2D eigenvalue weighted by atomic mass is 9.77. The van der Waals surface area contributed by atoms with E-state index in [1.807, 2.05) is 43.3 Å². The lowest BCUT2D eigenvalue weighted by molar-refractivity contribution is -0.143. The summed E-state index contributed by atoms with van der Waals surface area (Å²) in [5.41, 5.74) is 2.00. The maximum atomic E-state index is 11.8. The van der Waals surface area contributed by atoms with E-state index in [1.165, 1.54) is 5.56 Å². The second kappa shape index (κ2) is 6.00. The normalized spacial score (nSPS) is 13.5. The van der Waals surface area contributed by atoms with Gasteiger partial charge in [0.2, 0.25) is 0 Å². The molecule has 0 aliphatic heterocycles. The van der Waals surface area contributed by atoms with E-state index in [9.17, 15) is 9.90 Å². The fourth-order valence-corrected chi connectivity index (χ4v) is 2.37. The van der Waals surface area contributed by atoms with Crippen molar-refractivity contribution in [2.45, 2.75) is 25.7 Å². The van der Waals surface area contributed by atoms with Gasteiger partial charge in [-0.1, -0.05) is 42.0 Å². The Bertz CT molecular complexity index is 614. The van der Waals surface area contributed by atoms with Gasteiger partial charge >= 0.3 is 5.97 Å². The van der Waals surface area contributed by atoms with Crippen LogP contribution in [0.2, 0.25) is 0 Å². The molecule has 0 heterocycles. The summed E-state index contributed by atoms with van der Waals surface area (Å²) in [5, 5.41) is 9.70. The Balaban J connectivity index is 2.34. The van der Waals surface area contributed by atoms with Crippen LogP contribution in [0.4, 0.5) is 0 Å². The van der Waals surface area contributed by atoms with Gasteiger partial charge < -0.3 is 9.84 Å². The van der Waals surface area contributed by atoms with Gasteiger partial charge in [0.05, 0.1) is 12.5 Å². The second-order valence-electron chi connectivity index (χ2n) is 5.53. The number of rotatable bonds is 5.